The summed E-state index contributed by atoms with van der Waals surface area (Å²) in [6.07, 6.45) is 5.54. The summed E-state index contributed by atoms with van der Waals surface area (Å²) in [6, 6.07) is 11.6. The minimum Gasteiger partial charge on any atom is -0.465 e. The third-order valence-electron chi connectivity index (χ3n) is 2.86. The number of carbonyl (C=O) groups excluding carboxylic acids is 1. The smallest absolute Gasteiger partial charge is 0.244 e. The Kier molecular flexibility index (Phi) is 5.15. The number of furan rings is 1. The van der Waals surface area contributed by atoms with E-state index >= 15 is 0 Å². The van der Waals surface area contributed by atoms with Crippen LogP contribution >= 0.6 is 0 Å². The Morgan fingerprint density at radius 1 is 1.20 bits per heavy atom. The van der Waals surface area contributed by atoms with Gasteiger partial charge in [-0.2, -0.15) is 0 Å². The molecule has 1 aromatic heterocycles. The van der Waals surface area contributed by atoms with E-state index in [0.717, 1.165) is 12.0 Å². The molecule has 0 radical (unpaired) electrons. The molecule has 3 N–H and O–H groups in total. The topological polar surface area (TPSA) is 68.3 Å². The monoisotopic (exact) mass is 270 g/mol. The molecule has 0 aliphatic heterocycles. The van der Waals surface area contributed by atoms with Gasteiger partial charge in [-0.05, 0) is 42.3 Å². The maximum atomic E-state index is 11.6. The van der Waals surface area contributed by atoms with Crippen LogP contribution in [0.2, 0.25) is 0 Å². The minimum absolute atomic E-state index is 0.146. The first-order valence-corrected chi connectivity index (χ1v) is 6.55. The molecule has 0 spiro atoms. The third kappa shape index (κ3) is 4.40. The van der Waals surface area contributed by atoms with Crippen molar-refractivity contribution in [3.8, 4) is 0 Å². The fourth-order valence-corrected chi connectivity index (χ4v) is 1.78. The average Bonchev–Trinajstić information content (AvgIpc) is 2.98. The van der Waals surface area contributed by atoms with Crippen LogP contribution in [0.5, 0.6) is 0 Å². The summed E-state index contributed by atoms with van der Waals surface area (Å²) in [5.74, 6) is 0.513. The highest BCUT2D eigenvalue weighted by atomic mass is 16.3. The highest BCUT2D eigenvalue weighted by Crippen LogP contribution is 2.05. The Hall–Kier alpha value is -2.33. The number of carbonyl (C=O) groups is 1. The van der Waals surface area contributed by atoms with Crippen molar-refractivity contribution >= 4 is 12.0 Å². The summed E-state index contributed by atoms with van der Waals surface area (Å²) in [6.45, 7) is 1.15. The van der Waals surface area contributed by atoms with Crippen LogP contribution in [0.15, 0.2) is 53.2 Å². The lowest BCUT2D eigenvalue weighted by Gasteiger charge is -2.04. The Morgan fingerprint density at radius 2 is 1.95 bits per heavy atom. The Morgan fingerprint density at radius 3 is 2.60 bits per heavy atom. The first-order chi connectivity index (χ1) is 9.78. The largest absolute Gasteiger partial charge is 0.465 e. The molecule has 0 saturated heterocycles. The van der Waals surface area contributed by atoms with Crippen LogP contribution in [-0.2, 0) is 17.8 Å². The van der Waals surface area contributed by atoms with E-state index in [2.05, 4.69) is 5.32 Å². The molecule has 1 amide bonds. The molecule has 104 valence electrons. The van der Waals surface area contributed by atoms with Crippen molar-refractivity contribution < 1.29 is 9.21 Å². The zero-order valence-corrected chi connectivity index (χ0v) is 11.2. The van der Waals surface area contributed by atoms with E-state index in [1.54, 1.807) is 24.5 Å². The molecule has 0 aliphatic carbocycles. The lowest BCUT2D eigenvalue weighted by molar-refractivity contribution is -0.116. The summed E-state index contributed by atoms with van der Waals surface area (Å²) in [4.78, 5) is 11.6. The summed E-state index contributed by atoms with van der Waals surface area (Å²) in [5.41, 5.74) is 7.77. The van der Waals surface area contributed by atoms with Gasteiger partial charge in [0.15, 0.2) is 0 Å². The highest BCUT2D eigenvalue weighted by Gasteiger charge is 1.98. The van der Waals surface area contributed by atoms with Crippen LogP contribution < -0.4 is 11.1 Å². The van der Waals surface area contributed by atoms with Crippen molar-refractivity contribution in [2.24, 2.45) is 5.73 Å². The van der Waals surface area contributed by atoms with Gasteiger partial charge in [0, 0.05) is 12.6 Å². The van der Waals surface area contributed by atoms with E-state index in [9.17, 15) is 4.79 Å². The lowest BCUT2D eigenvalue weighted by Crippen LogP contribution is -2.20. The molecule has 0 fully saturated rings. The number of rotatable bonds is 6. The first-order valence-electron chi connectivity index (χ1n) is 6.55. The van der Waals surface area contributed by atoms with Crippen LogP contribution in [0.3, 0.4) is 0 Å². The van der Waals surface area contributed by atoms with E-state index in [1.165, 1.54) is 11.6 Å². The van der Waals surface area contributed by atoms with Crippen molar-refractivity contribution in [2.45, 2.75) is 13.0 Å². The number of amides is 1. The predicted octanol–water partition coefficient (Wildman–Crippen LogP) is 2.11. The summed E-state index contributed by atoms with van der Waals surface area (Å²) in [5, 5.41) is 2.82. The molecule has 2 aromatic rings. The number of hydrogen-bond donors (Lipinski definition) is 2. The fourth-order valence-electron chi connectivity index (χ4n) is 1.78. The van der Waals surface area contributed by atoms with Crippen molar-refractivity contribution in [3.63, 3.8) is 0 Å². The summed E-state index contributed by atoms with van der Waals surface area (Å²) >= 11 is 0. The van der Waals surface area contributed by atoms with Crippen molar-refractivity contribution in [3.05, 3.63) is 65.6 Å². The average molecular weight is 270 g/mol. The third-order valence-corrected chi connectivity index (χ3v) is 2.86. The van der Waals surface area contributed by atoms with E-state index in [4.69, 9.17) is 10.2 Å². The van der Waals surface area contributed by atoms with E-state index in [-0.39, 0.29) is 5.91 Å². The van der Waals surface area contributed by atoms with E-state index < -0.39 is 0 Å². The maximum absolute atomic E-state index is 11.6. The van der Waals surface area contributed by atoms with Crippen molar-refractivity contribution in [1.82, 2.24) is 5.32 Å². The maximum Gasteiger partial charge on any atom is 0.244 e. The molecule has 0 saturated carbocycles. The molecule has 0 atom stereocenters. The zero-order chi connectivity index (χ0) is 14.2. The van der Waals surface area contributed by atoms with Crippen LogP contribution in [0.25, 0.3) is 6.08 Å². The highest BCUT2D eigenvalue weighted by molar-refractivity contribution is 5.91. The number of benzene rings is 1. The molecule has 4 nitrogen and oxygen atoms in total. The Labute approximate surface area is 118 Å². The second-order valence-corrected chi connectivity index (χ2v) is 4.42. The van der Waals surface area contributed by atoms with Gasteiger partial charge in [0.1, 0.15) is 5.76 Å². The van der Waals surface area contributed by atoms with Gasteiger partial charge in [-0.15, -0.1) is 0 Å². The SMILES string of the molecule is NCCc1ccc(CNC(=O)C=Cc2ccco2)cc1. The molecule has 4 heteroatoms. The normalized spacial score (nSPS) is 10.8. The van der Waals surface area contributed by atoms with E-state index in [1.807, 2.05) is 24.3 Å². The predicted molar refractivity (Wildman–Crippen MR) is 78.8 cm³/mol. The second-order valence-electron chi connectivity index (χ2n) is 4.42. The van der Waals surface area contributed by atoms with Gasteiger partial charge in [-0.25, -0.2) is 0 Å². The molecule has 20 heavy (non-hydrogen) atoms. The molecule has 0 unspecified atom stereocenters. The molecular formula is C16H18N2O2. The van der Waals surface area contributed by atoms with Crippen LogP contribution in [-0.4, -0.2) is 12.5 Å². The van der Waals surface area contributed by atoms with Gasteiger partial charge in [0.05, 0.1) is 6.26 Å². The first kappa shape index (κ1) is 14.1. The minimum atomic E-state index is -0.146. The van der Waals surface area contributed by atoms with E-state index in [0.29, 0.717) is 18.8 Å². The lowest BCUT2D eigenvalue weighted by atomic mass is 10.1. The number of hydrogen-bond acceptors (Lipinski definition) is 3. The van der Waals surface area contributed by atoms with Gasteiger partial charge < -0.3 is 15.5 Å². The van der Waals surface area contributed by atoms with Gasteiger partial charge in [-0.1, -0.05) is 24.3 Å². The Balaban J connectivity index is 1.81. The number of nitrogens with one attached hydrogen (secondary N) is 1. The van der Waals surface area contributed by atoms with Gasteiger partial charge >= 0.3 is 0 Å². The van der Waals surface area contributed by atoms with Crippen LogP contribution in [0.4, 0.5) is 0 Å². The number of nitrogens with two attached hydrogens (primary N) is 1. The fraction of sp³-hybridized carbons (Fsp3) is 0.188. The quantitative estimate of drug-likeness (QED) is 0.790. The molecule has 0 aliphatic rings. The van der Waals surface area contributed by atoms with Crippen molar-refractivity contribution in [1.29, 1.82) is 0 Å². The zero-order valence-electron chi connectivity index (χ0n) is 11.2. The van der Waals surface area contributed by atoms with Gasteiger partial charge in [-0.3, -0.25) is 4.79 Å². The standard InChI is InChI=1S/C16H18N2O2/c17-10-9-13-3-5-14(6-4-13)12-18-16(19)8-7-15-2-1-11-20-15/h1-8,11H,9-10,12,17H2,(H,18,19). The van der Waals surface area contributed by atoms with Crippen molar-refractivity contribution in [2.75, 3.05) is 6.54 Å². The molecule has 1 aromatic carbocycles. The molecule has 0 bridgehead atoms. The Bertz CT molecular complexity index is 557. The molecular weight excluding hydrogens is 252 g/mol. The van der Waals surface area contributed by atoms with Gasteiger partial charge in [0.25, 0.3) is 0 Å². The van der Waals surface area contributed by atoms with Crippen LogP contribution in [0.1, 0.15) is 16.9 Å². The summed E-state index contributed by atoms with van der Waals surface area (Å²) < 4.78 is 5.11. The second kappa shape index (κ2) is 7.31. The van der Waals surface area contributed by atoms with Crippen LogP contribution in [0, 0.1) is 0 Å². The van der Waals surface area contributed by atoms with Gasteiger partial charge in [0.2, 0.25) is 5.91 Å². The summed E-state index contributed by atoms with van der Waals surface area (Å²) in [7, 11) is 0. The molecule has 1 heterocycles. The molecule has 2 rings (SSSR count).